The summed E-state index contributed by atoms with van der Waals surface area (Å²) in [5.41, 5.74) is 4.18. The van der Waals surface area contributed by atoms with E-state index in [9.17, 15) is 9.59 Å². The maximum atomic E-state index is 13.3. The largest absolute Gasteiger partial charge is 0.322 e. The molecule has 154 valence electrons. The number of nitrogens with one attached hydrogen (secondary N) is 2. The van der Waals surface area contributed by atoms with E-state index in [1.807, 2.05) is 36.4 Å². The van der Waals surface area contributed by atoms with Crippen molar-refractivity contribution in [3.63, 3.8) is 0 Å². The zero-order valence-electron chi connectivity index (χ0n) is 16.8. The van der Waals surface area contributed by atoms with E-state index in [1.165, 1.54) is 16.2 Å². The highest BCUT2D eigenvalue weighted by Gasteiger charge is 2.27. The molecule has 0 fully saturated rings. The molecule has 1 aliphatic carbocycles. The first kappa shape index (κ1) is 20.8. The quantitative estimate of drug-likeness (QED) is 0.438. The average Bonchev–Trinajstić information content (AvgIpc) is 3.12. The van der Waals surface area contributed by atoms with E-state index in [0.717, 1.165) is 53.4 Å². The molecule has 0 bridgehead atoms. The monoisotopic (exact) mass is 482 g/mol. The zero-order valence-corrected chi connectivity index (χ0v) is 19.2. The Hall–Kier alpha value is -2.44. The van der Waals surface area contributed by atoms with Crippen molar-refractivity contribution in [1.82, 2.24) is 0 Å². The number of carbonyl (C=O) groups is 2. The van der Waals surface area contributed by atoms with Gasteiger partial charge in [-0.3, -0.25) is 9.59 Å². The van der Waals surface area contributed by atoms with Gasteiger partial charge in [0.25, 0.3) is 11.8 Å². The minimum Gasteiger partial charge on any atom is -0.322 e. The van der Waals surface area contributed by atoms with Crippen LogP contribution in [0.3, 0.4) is 0 Å². The van der Waals surface area contributed by atoms with Crippen LogP contribution in [0.25, 0.3) is 0 Å². The van der Waals surface area contributed by atoms with Gasteiger partial charge in [-0.2, -0.15) is 0 Å². The van der Waals surface area contributed by atoms with Crippen LogP contribution in [0.4, 0.5) is 10.7 Å². The van der Waals surface area contributed by atoms with E-state index in [2.05, 4.69) is 33.5 Å². The third kappa shape index (κ3) is 4.35. The number of amides is 2. The van der Waals surface area contributed by atoms with Crippen LogP contribution in [0, 0.1) is 0 Å². The summed E-state index contributed by atoms with van der Waals surface area (Å²) in [6.45, 7) is 2.07. The molecule has 0 saturated heterocycles. The number of anilines is 2. The fourth-order valence-corrected chi connectivity index (χ4v) is 5.35. The molecular weight excluding hydrogens is 460 g/mol. The molecule has 4 nitrogen and oxygen atoms in total. The van der Waals surface area contributed by atoms with Gasteiger partial charge in [0.1, 0.15) is 5.00 Å². The Balaban J connectivity index is 1.66. The summed E-state index contributed by atoms with van der Waals surface area (Å²) in [5.74, 6) is -0.356. The normalized spacial score (nSPS) is 12.9. The van der Waals surface area contributed by atoms with Gasteiger partial charge in [0.2, 0.25) is 0 Å². The molecule has 2 aromatic carbocycles. The summed E-state index contributed by atoms with van der Waals surface area (Å²) >= 11 is 4.93. The van der Waals surface area contributed by atoms with Gasteiger partial charge < -0.3 is 10.6 Å². The van der Waals surface area contributed by atoms with Crippen molar-refractivity contribution in [1.29, 1.82) is 0 Å². The summed E-state index contributed by atoms with van der Waals surface area (Å²) in [6, 6.07) is 15.1. The van der Waals surface area contributed by atoms with Crippen molar-refractivity contribution in [3.05, 3.63) is 80.1 Å². The number of aryl methyl sites for hydroxylation is 2. The highest BCUT2D eigenvalue weighted by atomic mass is 79.9. The highest BCUT2D eigenvalue weighted by molar-refractivity contribution is 9.10. The number of hydrogen-bond acceptors (Lipinski definition) is 3. The van der Waals surface area contributed by atoms with Crippen molar-refractivity contribution in [2.75, 3.05) is 10.6 Å². The van der Waals surface area contributed by atoms with Crippen molar-refractivity contribution in [3.8, 4) is 0 Å². The molecule has 1 aromatic heterocycles. The topological polar surface area (TPSA) is 58.2 Å². The minimum atomic E-state index is -0.205. The van der Waals surface area contributed by atoms with Crippen molar-refractivity contribution < 1.29 is 9.59 Å². The number of thiophene rings is 1. The number of carbonyl (C=O) groups excluding carboxylic acids is 2. The standard InChI is InChI=1S/C24H23BrN2O2S/c1-2-15-7-3-5-9-19(15)26-23(29)21-18-8-4-6-10-20(18)30-24(21)27-22(28)16-11-13-17(25)14-12-16/h3,5,7,9,11-14H,2,4,6,8,10H2,1H3,(H,26,29)(H,27,28). The smallest absolute Gasteiger partial charge is 0.258 e. The Labute approximate surface area is 188 Å². The number of halogens is 1. The van der Waals surface area contributed by atoms with Crippen LogP contribution in [0.5, 0.6) is 0 Å². The molecule has 4 rings (SSSR count). The minimum absolute atomic E-state index is 0.151. The molecule has 1 heterocycles. The van der Waals surface area contributed by atoms with Crippen LogP contribution in [0.15, 0.2) is 53.0 Å². The second kappa shape index (κ2) is 9.14. The zero-order chi connectivity index (χ0) is 21.1. The predicted octanol–water partition coefficient (Wildman–Crippen LogP) is 6.46. The van der Waals surface area contributed by atoms with Gasteiger partial charge in [-0.05, 0) is 73.6 Å². The van der Waals surface area contributed by atoms with E-state index in [4.69, 9.17) is 0 Å². The molecule has 0 unspecified atom stereocenters. The molecule has 30 heavy (non-hydrogen) atoms. The lowest BCUT2D eigenvalue weighted by Crippen LogP contribution is -2.19. The summed E-state index contributed by atoms with van der Waals surface area (Å²) in [6.07, 6.45) is 4.85. The summed E-state index contributed by atoms with van der Waals surface area (Å²) < 4.78 is 0.917. The summed E-state index contributed by atoms with van der Waals surface area (Å²) in [4.78, 5) is 27.4. The number of fused-ring (bicyclic) bond motifs is 1. The molecule has 1 aliphatic rings. The molecule has 0 aliphatic heterocycles. The molecular formula is C24H23BrN2O2S. The second-order valence-corrected chi connectivity index (χ2v) is 9.36. The van der Waals surface area contributed by atoms with Gasteiger partial charge in [0, 0.05) is 20.6 Å². The molecule has 0 saturated carbocycles. The van der Waals surface area contributed by atoms with Gasteiger partial charge in [-0.25, -0.2) is 0 Å². The van der Waals surface area contributed by atoms with Crippen LogP contribution in [0.1, 0.15) is 56.5 Å². The van der Waals surface area contributed by atoms with Gasteiger partial charge >= 0.3 is 0 Å². The molecule has 0 spiro atoms. The van der Waals surface area contributed by atoms with Crippen LogP contribution < -0.4 is 10.6 Å². The summed E-state index contributed by atoms with van der Waals surface area (Å²) in [7, 11) is 0. The van der Waals surface area contributed by atoms with Crippen LogP contribution in [-0.4, -0.2) is 11.8 Å². The number of benzene rings is 2. The highest BCUT2D eigenvalue weighted by Crippen LogP contribution is 2.39. The SMILES string of the molecule is CCc1ccccc1NC(=O)c1c(NC(=O)c2ccc(Br)cc2)sc2c1CCCC2. The van der Waals surface area contributed by atoms with E-state index in [-0.39, 0.29) is 11.8 Å². The fourth-order valence-electron chi connectivity index (χ4n) is 3.81. The van der Waals surface area contributed by atoms with Gasteiger partial charge in [-0.15, -0.1) is 11.3 Å². The van der Waals surface area contributed by atoms with Crippen molar-refractivity contribution in [2.45, 2.75) is 39.0 Å². The molecule has 2 amide bonds. The first-order valence-corrected chi connectivity index (χ1v) is 11.8. The van der Waals surface area contributed by atoms with Gasteiger partial charge in [0.15, 0.2) is 0 Å². The average molecular weight is 483 g/mol. The molecule has 6 heteroatoms. The lowest BCUT2D eigenvalue weighted by atomic mass is 9.95. The maximum Gasteiger partial charge on any atom is 0.258 e. The molecule has 0 radical (unpaired) electrons. The first-order chi connectivity index (χ1) is 14.6. The van der Waals surface area contributed by atoms with Crippen LogP contribution in [-0.2, 0) is 19.3 Å². The molecule has 2 N–H and O–H groups in total. The van der Waals surface area contributed by atoms with Crippen molar-refractivity contribution >= 4 is 49.8 Å². The van der Waals surface area contributed by atoms with Gasteiger partial charge in [0.05, 0.1) is 5.56 Å². The van der Waals surface area contributed by atoms with E-state index in [1.54, 1.807) is 12.1 Å². The van der Waals surface area contributed by atoms with E-state index in [0.29, 0.717) is 16.1 Å². The Bertz CT molecular complexity index is 1090. The lowest BCUT2D eigenvalue weighted by molar-refractivity contribution is 0.102. The molecule has 0 atom stereocenters. The third-order valence-corrected chi connectivity index (χ3v) is 7.11. The first-order valence-electron chi connectivity index (χ1n) is 10.2. The number of para-hydroxylation sites is 1. The summed E-state index contributed by atoms with van der Waals surface area (Å²) in [5, 5.41) is 6.73. The second-order valence-electron chi connectivity index (χ2n) is 7.34. The molecule has 3 aromatic rings. The van der Waals surface area contributed by atoms with Gasteiger partial charge in [-0.1, -0.05) is 41.1 Å². The number of hydrogen-bond donors (Lipinski definition) is 2. The fraction of sp³-hybridized carbons (Fsp3) is 0.250. The van der Waals surface area contributed by atoms with Crippen LogP contribution in [0.2, 0.25) is 0 Å². The Morgan fingerprint density at radius 1 is 0.967 bits per heavy atom. The van der Waals surface area contributed by atoms with E-state index >= 15 is 0 Å². The predicted molar refractivity (Wildman–Crippen MR) is 127 cm³/mol. The maximum absolute atomic E-state index is 13.3. The Morgan fingerprint density at radius 3 is 2.47 bits per heavy atom. The van der Waals surface area contributed by atoms with Crippen molar-refractivity contribution in [2.24, 2.45) is 0 Å². The Kier molecular flexibility index (Phi) is 6.35. The third-order valence-electron chi connectivity index (χ3n) is 5.38. The lowest BCUT2D eigenvalue weighted by Gasteiger charge is -2.14. The number of rotatable bonds is 5. The Morgan fingerprint density at radius 2 is 1.70 bits per heavy atom. The van der Waals surface area contributed by atoms with Crippen LogP contribution >= 0.6 is 27.3 Å². The van der Waals surface area contributed by atoms with E-state index < -0.39 is 0 Å².